The standard InChI is InChI=1S/C12H13F2NO2/c13-9-2-1-8(5-10(9)14)6-12(11(16)17)3-4-15-7-12/h1-2,5,15H,3-4,6-7H2,(H,16,17). The normalized spacial score (nSPS) is 23.9. The van der Waals surface area contributed by atoms with Crippen LogP contribution < -0.4 is 5.32 Å². The van der Waals surface area contributed by atoms with Crippen molar-refractivity contribution in [3.63, 3.8) is 0 Å². The van der Waals surface area contributed by atoms with Gasteiger partial charge in [0.15, 0.2) is 11.6 Å². The Labute approximate surface area is 97.5 Å². The molecule has 0 amide bonds. The summed E-state index contributed by atoms with van der Waals surface area (Å²) in [7, 11) is 0. The number of hydrogen-bond acceptors (Lipinski definition) is 2. The molecule has 0 radical (unpaired) electrons. The summed E-state index contributed by atoms with van der Waals surface area (Å²) in [6.45, 7) is 0.997. The Morgan fingerprint density at radius 3 is 2.71 bits per heavy atom. The van der Waals surface area contributed by atoms with Crippen LogP contribution in [0.4, 0.5) is 8.78 Å². The molecule has 2 N–H and O–H groups in total. The van der Waals surface area contributed by atoms with Crippen LogP contribution in [0.15, 0.2) is 18.2 Å². The van der Waals surface area contributed by atoms with Crippen LogP contribution in [-0.2, 0) is 11.2 Å². The van der Waals surface area contributed by atoms with Crippen molar-refractivity contribution in [3.05, 3.63) is 35.4 Å². The van der Waals surface area contributed by atoms with Crippen molar-refractivity contribution in [2.75, 3.05) is 13.1 Å². The third kappa shape index (κ3) is 2.29. The quantitative estimate of drug-likeness (QED) is 0.844. The van der Waals surface area contributed by atoms with E-state index < -0.39 is 23.0 Å². The second kappa shape index (κ2) is 4.41. The molecule has 1 saturated heterocycles. The van der Waals surface area contributed by atoms with Gasteiger partial charge in [0.05, 0.1) is 5.41 Å². The van der Waals surface area contributed by atoms with Crippen molar-refractivity contribution >= 4 is 5.97 Å². The molecule has 1 fully saturated rings. The summed E-state index contributed by atoms with van der Waals surface area (Å²) in [6.07, 6.45) is 0.716. The van der Waals surface area contributed by atoms with E-state index in [2.05, 4.69) is 5.32 Å². The predicted octanol–water partition coefficient (Wildman–Crippen LogP) is 1.57. The Morgan fingerprint density at radius 1 is 1.41 bits per heavy atom. The third-order valence-electron chi connectivity index (χ3n) is 3.22. The molecule has 1 aromatic carbocycles. The number of rotatable bonds is 3. The highest BCUT2D eigenvalue weighted by Gasteiger charge is 2.41. The smallest absolute Gasteiger partial charge is 0.311 e. The molecule has 1 unspecified atom stereocenters. The highest BCUT2D eigenvalue weighted by atomic mass is 19.2. The van der Waals surface area contributed by atoms with Crippen LogP contribution in [0, 0.1) is 17.0 Å². The lowest BCUT2D eigenvalue weighted by Crippen LogP contribution is -2.35. The zero-order valence-electron chi connectivity index (χ0n) is 9.17. The number of halogens is 2. The predicted molar refractivity (Wildman–Crippen MR) is 57.6 cm³/mol. The Morgan fingerprint density at radius 2 is 2.18 bits per heavy atom. The number of carbonyl (C=O) groups is 1. The van der Waals surface area contributed by atoms with E-state index in [1.807, 2.05) is 0 Å². The summed E-state index contributed by atoms with van der Waals surface area (Å²) in [5, 5.41) is 12.2. The van der Waals surface area contributed by atoms with Gasteiger partial charge in [-0.1, -0.05) is 6.07 Å². The maximum absolute atomic E-state index is 13.0. The van der Waals surface area contributed by atoms with Gasteiger partial charge >= 0.3 is 5.97 Å². The van der Waals surface area contributed by atoms with Crippen molar-refractivity contribution in [2.24, 2.45) is 5.41 Å². The summed E-state index contributed by atoms with van der Waals surface area (Å²) in [6, 6.07) is 3.53. The topological polar surface area (TPSA) is 49.3 Å². The second-order valence-electron chi connectivity index (χ2n) is 4.44. The lowest BCUT2D eigenvalue weighted by molar-refractivity contribution is -0.147. The maximum atomic E-state index is 13.0. The summed E-state index contributed by atoms with van der Waals surface area (Å²) in [4.78, 5) is 11.3. The average molecular weight is 241 g/mol. The zero-order valence-corrected chi connectivity index (χ0v) is 9.17. The minimum atomic E-state index is -0.936. The van der Waals surface area contributed by atoms with E-state index in [4.69, 9.17) is 0 Å². The number of aliphatic carboxylic acids is 1. The van der Waals surface area contributed by atoms with Crippen LogP contribution in [0.5, 0.6) is 0 Å². The molecule has 1 aromatic rings. The van der Waals surface area contributed by atoms with Crippen molar-refractivity contribution in [3.8, 4) is 0 Å². The Balaban J connectivity index is 2.23. The molecular formula is C12H13F2NO2. The van der Waals surface area contributed by atoms with Crippen molar-refractivity contribution < 1.29 is 18.7 Å². The fraction of sp³-hybridized carbons (Fsp3) is 0.417. The molecule has 92 valence electrons. The van der Waals surface area contributed by atoms with E-state index in [9.17, 15) is 18.7 Å². The van der Waals surface area contributed by atoms with Gasteiger partial charge in [0.2, 0.25) is 0 Å². The first kappa shape index (κ1) is 12.0. The lowest BCUT2D eigenvalue weighted by atomic mass is 9.81. The largest absolute Gasteiger partial charge is 0.481 e. The molecule has 1 aliphatic heterocycles. The van der Waals surface area contributed by atoms with Crippen LogP contribution in [0.2, 0.25) is 0 Å². The molecule has 17 heavy (non-hydrogen) atoms. The Hall–Kier alpha value is -1.49. The van der Waals surface area contributed by atoms with Gasteiger partial charge in [0, 0.05) is 6.54 Å². The molecular weight excluding hydrogens is 228 g/mol. The molecule has 1 heterocycles. The summed E-state index contributed by atoms with van der Waals surface area (Å²) in [5.41, 5.74) is -0.389. The van der Waals surface area contributed by atoms with Crippen LogP contribution >= 0.6 is 0 Å². The summed E-state index contributed by atoms with van der Waals surface area (Å²) >= 11 is 0. The van der Waals surface area contributed by atoms with Gasteiger partial charge in [-0.05, 0) is 37.1 Å². The van der Waals surface area contributed by atoms with Gasteiger partial charge in [0.25, 0.3) is 0 Å². The molecule has 1 aliphatic rings. The van der Waals surface area contributed by atoms with Gasteiger partial charge in [-0.2, -0.15) is 0 Å². The second-order valence-corrected chi connectivity index (χ2v) is 4.44. The van der Waals surface area contributed by atoms with Crippen molar-refractivity contribution in [1.29, 1.82) is 0 Å². The summed E-state index contributed by atoms with van der Waals surface area (Å²) < 4.78 is 25.8. The van der Waals surface area contributed by atoms with Crippen LogP contribution in [0.3, 0.4) is 0 Å². The Kier molecular flexibility index (Phi) is 3.11. The molecule has 0 aliphatic carbocycles. The van der Waals surface area contributed by atoms with Crippen LogP contribution in [0.25, 0.3) is 0 Å². The zero-order chi connectivity index (χ0) is 12.5. The molecule has 0 spiro atoms. The van der Waals surface area contributed by atoms with E-state index in [1.54, 1.807) is 0 Å². The monoisotopic (exact) mass is 241 g/mol. The fourth-order valence-corrected chi connectivity index (χ4v) is 2.19. The molecule has 3 nitrogen and oxygen atoms in total. The van der Waals surface area contributed by atoms with Gasteiger partial charge in [-0.25, -0.2) is 8.78 Å². The van der Waals surface area contributed by atoms with E-state index in [1.165, 1.54) is 6.07 Å². The molecule has 0 saturated carbocycles. The summed E-state index contributed by atoms with van der Waals surface area (Å²) in [5.74, 6) is -2.75. The number of carboxylic acids is 1. The van der Waals surface area contributed by atoms with Gasteiger partial charge in [-0.3, -0.25) is 4.79 Å². The first-order chi connectivity index (χ1) is 8.03. The fourth-order valence-electron chi connectivity index (χ4n) is 2.19. The number of hydrogen-bond donors (Lipinski definition) is 2. The first-order valence-corrected chi connectivity index (χ1v) is 5.42. The molecule has 5 heteroatoms. The Bertz CT molecular complexity index is 442. The van der Waals surface area contributed by atoms with Gasteiger partial charge in [0.1, 0.15) is 0 Å². The highest BCUT2D eigenvalue weighted by molar-refractivity contribution is 5.76. The van der Waals surface area contributed by atoms with Crippen molar-refractivity contribution in [2.45, 2.75) is 12.8 Å². The molecule has 0 aromatic heterocycles. The van der Waals surface area contributed by atoms with E-state index in [0.717, 1.165) is 12.1 Å². The lowest BCUT2D eigenvalue weighted by Gasteiger charge is -2.22. The first-order valence-electron chi connectivity index (χ1n) is 5.42. The SMILES string of the molecule is O=C(O)C1(Cc2ccc(F)c(F)c2)CCNC1. The number of benzene rings is 1. The third-order valence-corrected chi connectivity index (χ3v) is 3.22. The van der Waals surface area contributed by atoms with Gasteiger partial charge in [-0.15, -0.1) is 0 Å². The minimum Gasteiger partial charge on any atom is -0.481 e. The van der Waals surface area contributed by atoms with Crippen molar-refractivity contribution in [1.82, 2.24) is 5.32 Å². The minimum absolute atomic E-state index is 0.215. The maximum Gasteiger partial charge on any atom is 0.311 e. The molecule has 0 bridgehead atoms. The molecule has 1 atom stereocenters. The number of nitrogens with one attached hydrogen (secondary N) is 1. The van der Waals surface area contributed by atoms with Crippen LogP contribution in [0.1, 0.15) is 12.0 Å². The van der Waals surface area contributed by atoms with Crippen LogP contribution in [-0.4, -0.2) is 24.2 Å². The highest BCUT2D eigenvalue weighted by Crippen LogP contribution is 2.30. The van der Waals surface area contributed by atoms with E-state index in [0.29, 0.717) is 25.1 Å². The molecule has 2 rings (SSSR count). The number of carboxylic acid groups (broad SMARTS) is 1. The van der Waals surface area contributed by atoms with E-state index in [-0.39, 0.29) is 6.42 Å². The average Bonchev–Trinajstić information content (AvgIpc) is 2.73. The van der Waals surface area contributed by atoms with E-state index >= 15 is 0 Å². The van der Waals surface area contributed by atoms with Gasteiger partial charge < -0.3 is 10.4 Å².